The number of esters is 1. The Bertz CT molecular complexity index is 1950. The average Bonchev–Trinajstić information content (AvgIpc) is 3.35. The topological polar surface area (TPSA) is 117 Å². The Kier molecular flexibility index (Phi) is 10.3. The highest BCUT2D eigenvalue weighted by molar-refractivity contribution is 7.07. The molecule has 0 fully saturated rings. The van der Waals surface area contributed by atoms with E-state index in [9.17, 15) is 14.4 Å². The zero-order valence-corrected chi connectivity index (χ0v) is 26.9. The van der Waals surface area contributed by atoms with Gasteiger partial charge in [0.25, 0.3) is 11.5 Å². The van der Waals surface area contributed by atoms with E-state index in [1.54, 1.807) is 50.3 Å². The first kappa shape index (κ1) is 32.2. The third-order valence-corrected chi connectivity index (χ3v) is 8.00. The van der Waals surface area contributed by atoms with Crippen molar-refractivity contribution < 1.29 is 28.5 Å². The Labute approximate surface area is 270 Å². The maximum Gasteiger partial charge on any atom is 0.338 e. The number of para-hydroxylation sites is 2. The van der Waals surface area contributed by atoms with Gasteiger partial charge in [-0.2, -0.15) is 0 Å². The normalized spacial score (nSPS) is 14.3. The molecule has 5 rings (SSSR count). The minimum absolute atomic E-state index is 0.180. The molecule has 1 amide bonds. The summed E-state index contributed by atoms with van der Waals surface area (Å²) in [6.07, 6.45) is 1.74. The Morgan fingerprint density at radius 2 is 1.61 bits per heavy atom. The van der Waals surface area contributed by atoms with Gasteiger partial charge in [0.15, 0.2) is 22.9 Å². The van der Waals surface area contributed by atoms with E-state index in [0.29, 0.717) is 62.3 Å². The van der Waals surface area contributed by atoms with Crippen LogP contribution in [0.25, 0.3) is 6.08 Å². The van der Waals surface area contributed by atoms with Crippen molar-refractivity contribution in [1.82, 2.24) is 4.57 Å². The van der Waals surface area contributed by atoms with Gasteiger partial charge in [0.05, 0.1) is 35.6 Å². The SMILES string of the molecule is CCOC(=O)C1=C(C)N=c2s/c(=C/c3ccc(OCC(=O)Nc4ccccc4)c(OCC)c3)c(=O)n2C1c1ccccc1OCC. The zero-order chi connectivity index (χ0) is 32.6. The van der Waals surface area contributed by atoms with Gasteiger partial charge in [-0.05, 0) is 69.7 Å². The molecule has 1 atom stereocenters. The molecular weight excluding hydrogens is 606 g/mol. The third kappa shape index (κ3) is 7.05. The summed E-state index contributed by atoms with van der Waals surface area (Å²) in [5.41, 5.74) is 2.45. The summed E-state index contributed by atoms with van der Waals surface area (Å²) in [7, 11) is 0. The van der Waals surface area contributed by atoms with Crippen LogP contribution >= 0.6 is 11.3 Å². The predicted octanol–water partition coefficient (Wildman–Crippen LogP) is 4.61. The van der Waals surface area contributed by atoms with Gasteiger partial charge in [-0.3, -0.25) is 14.2 Å². The van der Waals surface area contributed by atoms with Crippen LogP contribution in [0.1, 0.15) is 44.9 Å². The maximum absolute atomic E-state index is 14.1. The fourth-order valence-corrected chi connectivity index (χ4v) is 6.14. The van der Waals surface area contributed by atoms with Gasteiger partial charge < -0.3 is 24.3 Å². The molecule has 238 valence electrons. The molecule has 1 aliphatic heterocycles. The van der Waals surface area contributed by atoms with Gasteiger partial charge in [0.1, 0.15) is 11.8 Å². The van der Waals surface area contributed by atoms with Crippen LogP contribution in [0.5, 0.6) is 17.2 Å². The molecule has 0 radical (unpaired) electrons. The first-order valence-electron chi connectivity index (χ1n) is 15.0. The maximum atomic E-state index is 14.1. The lowest BCUT2D eigenvalue weighted by molar-refractivity contribution is -0.139. The molecule has 11 heteroatoms. The van der Waals surface area contributed by atoms with Gasteiger partial charge >= 0.3 is 5.97 Å². The smallest absolute Gasteiger partial charge is 0.338 e. The Hall–Kier alpha value is -5.16. The fraction of sp³-hybridized carbons (Fsp3) is 0.257. The number of nitrogens with one attached hydrogen (secondary N) is 1. The van der Waals surface area contributed by atoms with Crippen LogP contribution in [-0.4, -0.2) is 42.9 Å². The molecule has 0 aliphatic carbocycles. The standard InChI is InChI=1S/C35H35N3O7S/c1-5-42-26-16-12-11-15-25(26)32-31(34(41)44-7-3)22(4)36-35-38(32)33(40)29(46-35)20-23-17-18-27(28(19-23)43-6-2)45-21-30(39)37-24-13-9-8-10-14-24/h8-20,32H,5-7,21H2,1-4H3,(H,37,39)/b29-20+. The number of nitrogens with zero attached hydrogens (tertiary/aromatic N) is 2. The largest absolute Gasteiger partial charge is 0.494 e. The number of rotatable bonds is 12. The molecule has 0 spiro atoms. The molecule has 0 bridgehead atoms. The van der Waals surface area contributed by atoms with Crippen molar-refractivity contribution in [1.29, 1.82) is 0 Å². The monoisotopic (exact) mass is 641 g/mol. The highest BCUT2D eigenvalue weighted by Gasteiger charge is 2.35. The molecule has 1 aromatic heterocycles. The van der Waals surface area contributed by atoms with Crippen molar-refractivity contribution in [3.8, 4) is 17.2 Å². The molecule has 0 saturated heterocycles. The van der Waals surface area contributed by atoms with Crippen molar-refractivity contribution in [2.24, 2.45) is 4.99 Å². The number of amides is 1. The summed E-state index contributed by atoms with van der Waals surface area (Å²) in [5, 5.41) is 2.79. The second kappa shape index (κ2) is 14.7. The van der Waals surface area contributed by atoms with E-state index in [2.05, 4.69) is 10.3 Å². The number of carbonyl (C=O) groups excluding carboxylic acids is 2. The van der Waals surface area contributed by atoms with Crippen LogP contribution in [0, 0.1) is 0 Å². The second-order valence-electron chi connectivity index (χ2n) is 10.1. The number of carbonyl (C=O) groups is 2. The highest BCUT2D eigenvalue weighted by atomic mass is 32.1. The van der Waals surface area contributed by atoms with E-state index in [4.69, 9.17) is 18.9 Å². The van der Waals surface area contributed by atoms with Crippen LogP contribution in [-0.2, 0) is 14.3 Å². The summed E-state index contributed by atoms with van der Waals surface area (Å²) in [5.74, 6) is 0.544. The molecule has 1 unspecified atom stereocenters. The summed E-state index contributed by atoms with van der Waals surface area (Å²) < 4.78 is 24.9. The van der Waals surface area contributed by atoms with Gasteiger partial charge in [0, 0.05) is 11.3 Å². The molecule has 3 aromatic carbocycles. The number of aromatic nitrogens is 1. The molecule has 1 aliphatic rings. The molecule has 10 nitrogen and oxygen atoms in total. The first-order chi connectivity index (χ1) is 22.3. The predicted molar refractivity (Wildman–Crippen MR) is 176 cm³/mol. The first-order valence-corrected chi connectivity index (χ1v) is 15.8. The van der Waals surface area contributed by atoms with E-state index in [1.165, 1.54) is 15.9 Å². The number of anilines is 1. The van der Waals surface area contributed by atoms with Crippen molar-refractivity contribution in [2.45, 2.75) is 33.7 Å². The lowest BCUT2D eigenvalue weighted by atomic mass is 9.95. The second-order valence-corrected chi connectivity index (χ2v) is 11.1. The molecule has 0 saturated carbocycles. The molecule has 1 N–H and O–H groups in total. The number of ether oxygens (including phenoxy) is 4. The number of hydrogen-bond donors (Lipinski definition) is 1. The number of hydrogen-bond acceptors (Lipinski definition) is 9. The number of benzene rings is 3. The zero-order valence-electron chi connectivity index (χ0n) is 26.1. The lowest BCUT2D eigenvalue weighted by Gasteiger charge is -2.26. The van der Waals surface area contributed by atoms with E-state index in [1.807, 2.05) is 56.3 Å². The summed E-state index contributed by atoms with van der Waals surface area (Å²) in [6, 6.07) is 20.9. The Balaban J connectivity index is 1.51. The van der Waals surface area contributed by atoms with E-state index < -0.39 is 12.0 Å². The van der Waals surface area contributed by atoms with E-state index in [0.717, 1.165) is 0 Å². The minimum atomic E-state index is -0.794. The van der Waals surface area contributed by atoms with Crippen molar-refractivity contribution in [3.63, 3.8) is 0 Å². The van der Waals surface area contributed by atoms with Gasteiger partial charge in [-0.25, -0.2) is 9.79 Å². The van der Waals surface area contributed by atoms with Crippen molar-refractivity contribution in [3.05, 3.63) is 115 Å². The van der Waals surface area contributed by atoms with Gasteiger partial charge in [-0.15, -0.1) is 0 Å². The molecule has 4 aromatic rings. The average molecular weight is 642 g/mol. The van der Waals surface area contributed by atoms with Crippen LogP contribution in [0.2, 0.25) is 0 Å². The quantitative estimate of drug-likeness (QED) is 0.225. The highest BCUT2D eigenvalue weighted by Crippen LogP contribution is 2.36. The van der Waals surface area contributed by atoms with Crippen molar-refractivity contribution in [2.75, 3.05) is 31.7 Å². The van der Waals surface area contributed by atoms with Crippen LogP contribution in [0.3, 0.4) is 0 Å². The van der Waals surface area contributed by atoms with Crippen molar-refractivity contribution >= 4 is 35.0 Å². The molecular formula is C35H35N3O7S. The summed E-state index contributed by atoms with van der Waals surface area (Å²) >= 11 is 1.22. The minimum Gasteiger partial charge on any atom is -0.494 e. The Morgan fingerprint density at radius 3 is 2.35 bits per heavy atom. The number of allylic oxidation sites excluding steroid dienone is 1. The molecule has 2 heterocycles. The van der Waals surface area contributed by atoms with Crippen LogP contribution in [0.4, 0.5) is 5.69 Å². The summed E-state index contributed by atoms with van der Waals surface area (Å²) in [4.78, 5) is 44.9. The van der Waals surface area contributed by atoms with Crippen LogP contribution < -0.4 is 34.4 Å². The number of fused-ring (bicyclic) bond motifs is 1. The van der Waals surface area contributed by atoms with Gasteiger partial charge in [0.2, 0.25) is 0 Å². The van der Waals surface area contributed by atoms with Gasteiger partial charge in [-0.1, -0.05) is 53.8 Å². The lowest BCUT2D eigenvalue weighted by Crippen LogP contribution is -2.40. The van der Waals surface area contributed by atoms with E-state index in [-0.39, 0.29) is 30.3 Å². The number of thiazole rings is 1. The Morgan fingerprint density at radius 1 is 0.891 bits per heavy atom. The fourth-order valence-electron chi connectivity index (χ4n) is 5.09. The molecule has 46 heavy (non-hydrogen) atoms. The third-order valence-electron chi connectivity index (χ3n) is 7.01. The van der Waals surface area contributed by atoms with E-state index >= 15 is 0 Å². The van der Waals surface area contributed by atoms with Crippen LogP contribution in [0.15, 0.2) is 93.9 Å². The summed E-state index contributed by atoms with van der Waals surface area (Å²) in [6.45, 7) is 7.95.